The maximum atomic E-state index is 9.80. The molecule has 5 aromatic rings. The van der Waals surface area contributed by atoms with E-state index in [0.717, 1.165) is 33.3 Å². The average molecular weight is 409 g/mol. The number of furan rings is 1. The van der Waals surface area contributed by atoms with Gasteiger partial charge in [0.2, 0.25) is 5.69 Å². The van der Waals surface area contributed by atoms with E-state index < -0.39 is 18.1 Å². The maximum Gasteiger partial charge on any atom is 0.216 e. The number of hydrogen-bond donors (Lipinski definition) is 0. The summed E-state index contributed by atoms with van der Waals surface area (Å²) in [6.45, 7) is 6.02. The van der Waals surface area contributed by atoms with Gasteiger partial charge in [0.05, 0.1) is 24.0 Å². The SMILES string of the molecule is [2H]c1c([2H])c([2H])c(-c2cc(C#N)cc3c2oc2c(-c4ccc(C)c[n+]4C)c(C)cc(C)c23)c([2H])c1[2H]. The van der Waals surface area contributed by atoms with Crippen LogP contribution in [0, 0.1) is 32.1 Å². The van der Waals surface area contributed by atoms with E-state index in [1.54, 1.807) is 6.07 Å². The Bertz CT molecular complexity index is 1770. The first kappa shape index (κ1) is 14.2. The highest BCUT2D eigenvalue weighted by molar-refractivity contribution is 6.15. The Morgan fingerprint density at radius 3 is 2.45 bits per heavy atom. The molecule has 150 valence electrons. The molecule has 0 aliphatic carbocycles. The van der Waals surface area contributed by atoms with E-state index in [0.29, 0.717) is 27.7 Å². The van der Waals surface area contributed by atoms with Gasteiger partial charge in [-0.05, 0) is 55.7 Å². The van der Waals surface area contributed by atoms with Gasteiger partial charge >= 0.3 is 0 Å². The largest absolute Gasteiger partial charge is 0.454 e. The highest BCUT2D eigenvalue weighted by Crippen LogP contribution is 2.42. The molecule has 0 unspecified atom stereocenters. The minimum atomic E-state index is -0.466. The third kappa shape index (κ3) is 3.00. The van der Waals surface area contributed by atoms with Crippen molar-refractivity contribution in [1.82, 2.24) is 0 Å². The smallest absolute Gasteiger partial charge is 0.216 e. The van der Waals surface area contributed by atoms with Crippen LogP contribution in [0.25, 0.3) is 44.3 Å². The Balaban J connectivity index is 1.99. The lowest BCUT2D eigenvalue weighted by molar-refractivity contribution is -0.660. The zero-order chi connectivity index (χ0) is 26.0. The molecule has 0 radical (unpaired) electrons. The van der Waals surface area contributed by atoms with Gasteiger partial charge in [-0.25, -0.2) is 4.57 Å². The molecule has 5 rings (SSSR count). The van der Waals surface area contributed by atoms with Gasteiger partial charge in [-0.1, -0.05) is 36.3 Å². The normalized spacial score (nSPS) is 13.5. The second kappa shape index (κ2) is 7.11. The Hall–Kier alpha value is -3.90. The average Bonchev–Trinajstić information content (AvgIpc) is 3.22. The van der Waals surface area contributed by atoms with Crippen LogP contribution in [0.15, 0.2) is 71.2 Å². The first-order valence-corrected chi connectivity index (χ1v) is 9.99. The molecule has 0 saturated heterocycles. The number of nitrogens with zero attached hydrogens (tertiary/aromatic N) is 2. The van der Waals surface area contributed by atoms with Gasteiger partial charge in [0.25, 0.3) is 0 Å². The summed E-state index contributed by atoms with van der Waals surface area (Å²) >= 11 is 0. The highest BCUT2D eigenvalue weighted by Gasteiger charge is 2.24. The Morgan fingerprint density at radius 2 is 1.74 bits per heavy atom. The fourth-order valence-corrected chi connectivity index (χ4v) is 4.37. The van der Waals surface area contributed by atoms with Crippen molar-refractivity contribution in [3.8, 4) is 28.5 Å². The molecule has 0 spiro atoms. The van der Waals surface area contributed by atoms with Crippen molar-refractivity contribution < 1.29 is 15.8 Å². The molecule has 0 atom stereocenters. The molecule has 0 amide bonds. The molecule has 0 saturated carbocycles. The van der Waals surface area contributed by atoms with Gasteiger partial charge in [0, 0.05) is 28.0 Å². The second-order valence-electron chi connectivity index (χ2n) is 7.91. The van der Waals surface area contributed by atoms with Crippen molar-refractivity contribution in [3.05, 3.63) is 89.0 Å². The lowest BCUT2D eigenvalue weighted by Gasteiger charge is -2.08. The number of hydrogen-bond acceptors (Lipinski definition) is 2. The zero-order valence-corrected chi connectivity index (χ0v) is 17.8. The van der Waals surface area contributed by atoms with Gasteiger partial charge in [-0.2, -0.15) is 5.26 Å². The van der Waals surface area contributed by atoms with Crippen LogP contribution in [-0.2, 0) is 7.05 Å². The summed E-state index contributed by atoms with van der Waals surface area (Å²) in [6.07, 6.45) is 2.04. The summed E-state index contributed by atoms with van der Waals surface area (Å²) in [5.41, 5.74) is 6.59. The van der Waals surface area contributed by atoms with E-state index >= 15 is 0 Å². The minimum absolute atomic E-state index is 0.0129. The number of aryl methyl sites for hydroxylation is 4. The number of aromatic nitrogens is 1. The van der Waals surface area contributed by atoms with Gasteiger partial charge in [0.1, 0.15) is 18.2 Å². The van der Waals surface area contributed by atoms with Crippen molar-refractivity contribution in [2.75, 3.05) is 0 Å². The maximum absolute atomic E-state index is 9.80. The van der Waals surface area contributed by atoms with E-state index in [2.05, 4.69) is 12.1 Å². The van der Waals surface area contributed by atoms with E-state index in [9.17, 15) is 5.26 Å². The number of fused-ring (bicyclic) bond motifs is 3. The molecule has 3 aromatic carbocycles. The predicted octanol–water partition coefficient (Wildman–Crippen LogP) is 6.54. The van der Waals surface area contributed by atoms with Gasteiger partial charge in [-0.15, -0.1) is 0 Å². The molecule has 2 heterocycles. The van der Waals surface area contributed by atoms with Crippen molar-refractivity contribution >= 4 is 21.9 Å². The molecule has 3 heteroatoms. The number of nitriles is 1. The van der Waals surface area contributed by atoms with Crippen LogP contribution in [0.2, 0.25) is 0 Å². The lowest BCUT2D eigenvalue weighted by atomic mass is 9.94. The standard InChI is InChI=1S/C28H23N2O/c1-17-10-11-24(30(4)16-17)26-19(3)12-18(2)25-23-14-20(15-29)13-22(27(23)31-28(25)26)21-8-6-5-7-9-21/h5-14,16H,1-4H3/q+1/i5D,6D,7D,8D,9D. The van der Waals surface area contributed by atoms with E-state index in [-0.39, 0.29) is 17.6 Å². The van der Waals surface area contributed by atoms with E-state index in [4.69, 9.17) is 11.3 Å². The Labute approximate surface area is 188 Å². The number of pyridine rings is 1. The van der Waals surface area contributed by atoms with Crippen LogP contribution < -0.4 is 4.57 Å². The number of rotatable bonds is 2. The Morgan fingerprint density at radius 1 is 0.968 bits per heavy atom. The van der Waals surface area contributed by atoms with E-state index in [1.807, 2.05) is 50.7 Å². The van der Waals surface area contributed by atoms with Crippen LogP contribution in [0.5, 0.6) is 0 Å². The monoisotopic (exact) mass is 408 g/mol. The summed E-state index contributed by atoms with van der Waals surface area (Å²) in [5.74, 6) is 0. The van der Waals surface area contributed by atoms with Crippen LogP contribution in [0.3, 0.4) is 0 Å². The fourth-order valence-electron chi connectivity index (χ4n) is 4.37. The summed E-state index contributed by atoms with van der Waals surface area (Å²) < 4.78 is 49.8. The summed E-state index contributed by atoms with van der Waals surface area (Å²) in [4.78, 5) is 0. The van der Waals surface area contributed by atoms with Gasteiger partial charge in [-0.3, -0.25) is 0 Å². The van der Waals surface area contributed by atoms with Gasteiger partial charge < -0.3 is 4.42 Å². The summed E-state index contributed by atoms with van der Waals surface area (Å²) in [5, 5.41) is 11.3. The van der Waals surface area contributed by atoms with Crippen molar-refractivity contribution in [2.45, 2.75) is 20.8 Å². The van der Waals surface area contributed by atoms with Crippen molar-refractivity contribution in [3.63, 3.8) is 0 Å². The minimum Gasteiger partial charge on any atom is -0.454 e. The van der Waals surface area contributed by atoms with Gasteiger partial charge in [0.15, 0.2) is 6.20 Å². The molecular formula is C28H23N2O+. The first-order valence-electron chi connectivity index (χ1n) is 12.5. The summed E-state index contributed by atoms with van der Waals surface area (Å²) in [6, 6.07) is 9.58. The molecule has 31 heavy (non-hydrogen) atoms. The van der Waals surface area contributed by atoms with Crippen LogP contribution >= 0.6 is 0 Å². The third-order valence-electron chi connectivity index (χ3n) is 5.67. The lowest BCUT2D eigenvalue weighted by Crippen LogP contribution is -2.31. The quantitative estimate of drug-likeness (QED) is 0.311. The zero-order valence-electron chi connectivity index (χ0n) is 22.8. The van der Waals surface area contributed by atoms with Crippen molar-refractivity contribution in [1.29, 1.82) is 5.26 Å². The predicted molar refractivity (Wildman–Crippen MR) is 125 cm³/mol. The molecular weight excluding hydrogens is 380 g/mol. The van der Waals surface area contributed by atoms with Crippen molar-refractivity contribution in [2.24, 2.45) is 7.05 Å². The molecule has 0 bridgehead atoms. The molecule has 0 aliphatic heterocycles. The summed E-state index contributed by atoms with van der Waals surface area (Å²) in [7, 11) is 1.97. The second-order valence-corrected chi connectivity index (χ2v) is 7.91. The Kier molecular flexibility index (Phi) is 3.25. The molecule has 0 aliphatic rings. The molecule has 0 fully saturated rings. The van der Waals surface area contributed by atoms with Crippen LogP contribution in [-0.4, -0.2) is 0 Å². The third-order valence-corrected chi connectivity index (χ3v) is 5.67. The topological polar surface area (TPSA) is 40.8 Å². The molecule has 3 nitrogen and oxygen atoms in total. The van der Waals surface area contributed by atoms with E-state index in [1.165, 1.54) is 6.07 Å². The fraction of sp³-hybridized carbons (Fsp3) is 0.143. The molecule has 2 aromatic heterocycles. The first-order chi connectivity index (χ1) is 17.0. The highest BCUT2D eigenvalue weighted by atomic mass is 16.3. The van der Waals surface area contributed by atoms with Crippen LogP contribution in [0.1, 0.15) is 29.1 Å². The molecule has 0 N–H and O–H groups in total. The van der Waals surface area contributed by atoms with Crippen LogP contribution in [0.4, 0.5) is 0 Å². The number of benzene rings is 3.